The summed E-state index contributed by atoms with van der Waals surface area (Å²) in [6, 6.07) is 3.76. The minimum absolute atomic E-state index is 0.318. The second kappa shape index (κ2) is 6.03. The van der Waals surface area contributed by atoms with E-state index in [1.807, 2.05) is 31.0 Å². The molecule has 0 unspecified atom stereocenters. The number of likely N-dealkylation sites (N-methyl/N-ethyl adjacent to an activating group) is 1. The molecule has 1 aliphatic heterocycles. The third-order valence-corrected chi connectivity index (χ3v) is 3.82. The summed E-state index contributed by atoms with van der Waals surface area (Å²) in [7, 11) is 1.90. The van der Waals surface area contributed by atoms with Gasteiger partial charge in [-0.05, 0) is 19.1 Å². The molecule has 0 amide bonds. The second-order valence-electron chi connectivity index (χ2n) is 5.38. The van der Waals surface area contributed by atoms with Gasteiger partial charge in [-0.2, -0.15) is 0 Å². The van der Waals surface area contributed by atoms with Gasteiger partial charge in [-0.15, -0.1) is 0 Å². The van der Waals surface area contributed by atoms with Gasteiger partial charge in [0.2, 0.25) is 0 Å². The predicted molar refractivity (Wildman–Crippen MR) is 83.1 cm³/mol. The number of aliphatic hydroxyl groups is 1. The lowest BCUT2D eigenvalue weighted by atomic mass is 9.94. The van der Waals surface area contributed by atoms with E-state index in [9.17, 15) is 5.11 Å². The highest BCUT2D eigenvalue weighted by molar-refractivity contribution is 7.80. The van der Waals surface area contributed by atoms with E-state index in [1.54, 1.807) is 0 Å². The number of thiocarbonyl (C=S) groups is 1. The molecule has 0 saturated carbocycles. The predicted octanol–water partition coefficient (Wildman–Crippen LogP) is 1.00. The number of nitrogens with two attached hydrogens (primary N) is 1. The molecule has 110 valence electrons. The highest BCUT2D eigenvalue weighted by atomic mass is 32.1. The molecule has 0 aliphatic carbocycles. The summed E-state index contributed by atoms with van der Waals surface area (Å²) in [5.74, 6) is 0.720. The van der Waals surface area contributed by atoms with Crippen LogP contribution in [-0.4, -0.2) is 47.5 Å². The molecule has 0 radical (unpaired) electrons. The molecule has 1 fully saturated rings. The van der Waals surface area contributed by atoms with E-state index in [4.69, 9.17) is 22.7 Å². The Morgan fingerprint density at radius 3 is 2.75 bits per heavy atom. The van der Waals surface area contributed by atoms with Gasteiger partial charge in [-0.3, -0.25) is 0 Å². The fourth-order valence-electron chi connectivity index (χ4n) is 2.45. The first kappa shape index (κ1) is 15.2. The van der Waals surface area contributed by atoms with Crippen LogP contribution >= 0.6 is 12.2 Å². The number of aryl methyl sites for hydroxylation is 1. The van der Waals surface area contributed by atoms with Gasteiger partial charge in [0.15, 0.2) is 0 Å². The Morgan fingerprint density at radius 1 is 1.50 bits per heavy atom. The van der Waals surface area contributed by atoms with E-state index in [1.165, 1.54) is 0 Å². The van der Waals surface area contributed by atoms with Crippen molar-refractivity contribution < 1.29 is 9.84 Å². The number of hydrogen-bond donors (Lipinski definition) is 2. The number of rotatable bonds is 4. The quantitative estimate of drug-likeness (QED) is 0.808. The maximum absolute atomic E-state index is 10.6. The standard InChI is InChI=1S/C14H21N3O2S/c1-10-3-4-11(12(15)20)13(16-10)17(2)9-14(18)5-7-19-8-6-14/h3-4,18H,5-9H2,1-2H3,(H2,15,20). The van der Waals surface area contributed by atoms with E-state index < -0.39 is 5.60 Å². The minimum Gasteiger partial charge on any atom is -0.389 e. The molecule has 3 N–H and O–H groups in total. The van der Waals surface area contributed by atoms with Crippen molar-refractivity contribution in [3.63, 3.8) is 0 Å². The van der Waals surface area contributed by atoms with E-state index >= 15 is 0 Å². The molecule has 0 spiro atoms. The molecule has 1 aliphatic rings. The lowest BCUT2D eigenvalue weighted by molar-refractivity contribution is -0.0573. The number of aromatic nitrogens is 1. The lowest BCUT2D eigenvalue weighted by Gasteiger charge is -2.36. The summed E-state index contributed by atoms with van der Waals surface area (Å²) in [5.41, 5.74) is 6.64. The average Bonchev–Trinajstić information content (AvgIpc) is 2.38. The summed E-state index contributed by atoms with van der Waals surface area (Å²) < 4.78 is 5.30. The minimum atomic E-state index is -0.744. The van der Waals surface area contributed by atoms with Gasteiger partial charge >= 0.3 is 0 Å². The van der Waals surface area contributed by atoms with Crippen molar-refractivity contribution in [1.82, 2.24) is 4.98 Å². The molecule has 0 atom stereocenters. The van der Waals surface area contributed by atoms with Gasteiger partial charge in [-0.1, -0.05) is 12.2 Å². The number of nitrogens with zero attached hydrogens (tertiary/aromatic N) is 2. The van der Waals surface area contributed by atoms with Gasteiger partial charge < -0.3 is 20.5 Å². The fraction of sp³-hybridized carbons (Fsp3) is 0.571. The van der Waals surface area contributed by atoms with Crippen LogP contribution in [0.5, 0.6) is 0 Å². The van der Waals surface area contributed by atoms with Crippen molar-refractivity contribution >= 4 is 23.0 Å². The molecule has 2 heterocycles. The van der Waals surface area contributed by atoms with Crippen molar-refractivity contribution in [2.75, 3.05) is 31.7 Å². The topological polar surface area (TPSA) is 71.6 Å². The third kappa shape index (κ3) is 3.45. The maximum Gasteiger partial charge on any atom is 0.138 e. The zero-order chi connectivity index (χ0) is 14.8. The van der Waals surface area contributed by atoms with Crippen LogP contribution in [0.3, 0.4) is 0 Å². The zero-order valence-corrected chi connectivity index (χ0v) is 12.7. The smallest absolute Gasteiger partial charge is 0.138 e. The monoisotopic (exact) mass is 295 g/mol. The summed E-state index contributed by atoms with van der Waals surface area (Å²) in [5, 5.41) is 10.6. The van der Waals surface area contributed by atoms with Crippen molar-refractivity contribution in [2.45, 2.75) is 25.4 Å². The third-order valence-electron chi connectivity index (χ3n) is 3.60. The Kier molecular flexibility index (Phi) is 4.57. The highest BCUT2D eigenvalue weighted by Gasteiger charge is 2.32. The van der Waals surface area contributed by atoms with Crippen LogP contribution in [0.4, 0.5) is 5.82 Å². The van der Waals surface area contributed by atoms with Gasteiger partial charge in [0.05, 0.1) is 11.2 Å². The maximum atomic E-state index is 10.6. The first-order valence-corrected chi connectivity index (χ1v) is 7.11. The molecular formula is C14H21N3O2S. The molecule has 6 heteroatoms. The van der Waals surface area contributed by atoms with Gasteiger partial charge in [0.25, 0.3) is 0 Å². The van der Waals surface area contributed by atoms with E-state index in [2.05, 4.69) is 4.98 Å². The molecular weight excluding hydrogens is 274 g/mol. The fourth-order valence-corrected chi connectivity index (χ4v) is 2.61. The Hall–Kier alpha value is -1.24. The van der Waals surface area contributed by atoms with Gasteiger partial charge in [0.1, 0.15) is 10.8 Å². The number of ether oxygens (including phenoxy) is 1. The van der Waals surface area contributed by atoms with Gasteiger partial charge in [-0.25, -0.2) is 4.98 Å². The molecule has 0 bridgehead atoms. The summed E-state index contributed by atoms with van der Waals surface area (Å²) in [6.07, 6.45) is 1.26. The van der Waals surface area contributed by atoms with Crippen molar-refractivity contribution in [2.24, 2.45) is 5.73 Å². The van der Waals surface area contributed by atoms with Crippen LogP contribution in [-0.2, 0) is 4.74 Å². The Morgan fingerprint density at radius 2 is 2.15 bits per heavy atom. The van der Waals surface area contributed by atoms with Crippen LogP contribution in [0, 0.1) is 6.92 Å². The summed E-state index contributed by atoms with van der Waals surface area (Å²) in [6.45, 7) is 3.59. The number of pyridine rings is 1. The molecule has 0 aromatic carbocycles. The first-order valence-electron chi connectivity index (χ1n) is 6.70. The number of anilines is 1. The molecule has 20 heavy (non-hydrogen) atoms. The summed E-state index contributed by atoms with van der Waals surface area (Å²) >= 11 is 5.07. The molecule has 1 aromatic heterocycles. The molecule has 2 rings (SSSR count). The highest BCUT2D eigenvalue weighted by Crippen LogP contribution is 2.25. The van der Waals surface area contributed by atoms with E-state index in [-0.39, 0.29) is 0 Å². The lowest BCUT2D eigenvalue weighted by Crippen LogP contribution is -2.46. The van der Waals surface area contributed by atoms with Crippen molar-refractivity contribution in [3.05, 3.63) is 23.4 Å². The second-order valence-corrected chi connectivity index (χ2v) is 5.82. The molecule has 1 aromatic rings. The number of hydrogen-bond acceptors (Lipinski definition) is 5. The van der Waals surface area contributed by atoms with E-state index in [0.717, 1.165) is 17.1 Å². The average molecular weight is 295 g/mol. The van der Waals surface area contributed by atoms with Crippen LogP contribution in [0.15, 0.2) is 12.1 Å². The zero-order valence-electron chi connectivity index (χ0n) is 11.9. The Balaban J connectivity index is 2.21. The Bertz CT molecular complexity index is 501. The van der Waals surface area contributed by atoms with Crippen molar-refractivity contribution in [1.29, 1.82) is 0 Å². The van der Waals surface area contributed by atoms with Crippen LogP contribution in [0.25, 0.3) is 0 Å². The molecule has 5 nitrogen and oxygen atoms in total. The SMILES string of the molecule is Cc1ccc(C(N)=S)c(N(C)CC2(O)CCOCC2)n1. The largest absolute Gasteiger partial charge is 0.389 e. The van der Waals surface area contributed by atoms with Gasteiger partial charge in [0, 0.05) is 45.3 Å². The van der Waals surface area contributed by atoms with Crippen LogP contribution in [0.2, 0.25) is 0 Å². The van der Waals surface area contributed by atoms with Crippen molar-refractivity contribution in [3.8, 4) is 0 Å². The van der Waals surface area contributed by atoms with E-state index in [0.29, 0.717) is 37.6 Å². The first-order chi connectivity index (χ1) is 9.41. The molecule has 1 saturated heterocycles. The van der Waals surface area contributed by atoms with Crippen LogP contribution < -0.4 is 10.6 Å². The Labute approximate surface area is 124 Å². The normalized spacial score (nSPS) is 17.8. The summed E-state index contributed by atoms with van der Waals surface area (Å²) in [4.78, 5) is 6.75. The van der Waals surface area contributed by atoms with Crippen LogP contribution in [0.1, 0.15) is 24.1 Å².